The van der Waals surface area contributed by atoms with Crippen molar-refractivity contribution in [1.29, 1.82) is 0 Å². The average molecular weight is 465 g/mol. The molecule has 1 rings (SSSR count). The molecule has 190 valence electrons. The molecule has 0 radical (unpaired) electrons. The third-order valence-electron chi connectivity index (χ3n) is 6.12. The van der Waals surface area contributed by atoms with Crippen molar-refractivity contribution in [2.45, 2.75) is 117 Å². The quantitative estimate of drug-likeness (QED) is 0.182. The minimum absolute atomic E-state index is 0.133. The Bertz CT molecular complexity index is 643. The molecule has 0 saturated carbocycles. The van der Waals surface area contributed by atoms with E-state index in [1.807, 2.05) is 0 Å². The predicted octanol–water partition coefficient (Wildman–Crippen LogP) is 7.74. The number of rotatable bonds is 21. The topological polar surface area (TPSA) is 76.0 Å². The first kappa shape index (κ1) is 29.3. The summed E-state index contributed by atoms with van der Waals surface area (Å²) < 4.78 is 12.4. The van der Waals surface area contributed by atoms with Crippen LogP contribution in [0.1, 0.15) is 133 Å². The number of carboxylic acid groups (broad SMARTS) is 1. The van der Waals surface area contributed by atoms with Crippen LogP contribution in [0.15, 0.2) is 12.1 Å². The number of carboxylic acids is 1. The molecule has 0 saturated heterocycles. The molecule has 1 aromatic carbocycles. The van der Waals surface area contributed by atoms with E-state index in [9.17, 15) is 15.0 Å². The van der Waals surface area contributed by atoms with E-state index in [4.69, 9.17) is 9.47 Å². The van der Waals surface area contributed by atoms with Crippen LogP contribution < -0.4 is 9.47 Å². The van der Waals surface area contributed by atoms with Crippen molar-refractivity contribution in [2.24, 2.45) is 0 Å². The molecule has 1 aromatic rings. The van der Waals surface area contributed by atoms with E-state index in [2.05, 4.69) is 20.8 Å². The Morgan fingerprint density at radius 2 is 1.39 bits per heavy atom. The van der Waals surface area contributed by atoms with Crippen molar-refractivity contribution in [3.8, 4) is 11.5 Å². The van der Waals surface area contributed by atoms with E-state index in [-0.39, 0.29) is 18.1 Å². The van der Waals surface area contributed by atoms with Crippen molar-refractivity contribution in [2.75, 3.05) is 19.8 Å². The second kappa shape index (κ2) is 18.7. The molecule has 33 heavy (non-hydrogen) atoms. The summed E-state index contributed by atoms with van der Waals surface area (Å²) in [5, 5.41) is 19.1. The third-order valence-corrected chi connectivity index (χ3v) is 6.12. The first-order chi connectivity index (χ1) is 16.1. The first-order valence-corrected chi connectivity index (χ1v) is 13.4. The lowest BCUT2D eigenvalue weighted by atomic mass is 9.88. The number of ether oxygens (including phenoxy) is 2. The van der Waals surface area contributed by atoms with Crippen LogP contribution in [0.3, 0.4) is 0 Å². The van der Waals surface area contributed by atoms with Gasteiger partial charge in [-0.05, 0) is 50.2 Å². The van der Waals surface area contributed by atoms with Gasteiger partial charge in [-0.1, -0.05) is 78.6 Å². The second-order valence-corrected chi connectivity index (χ2v) is 9.07. The van der Waals surface area contributed by atoms with Gasteiger partial charge in [0.25, 0.3) is 0 Å². The van der Waals surface area contributed by atoms with Crippen molar-refractivity contribution in [3.63, 3.8) is 0 Å². The van der Waals surface area contributed by atoms with Gasteiger partial charge in [0, 0.05) is 12.2 Å². The van der Waals surface area contributed by atoms with Gasteiger partial charge in [-0.3, -0.25) is 0 Å². The maximum absolute atomic E-state index is 11.9. The van der Waals surface area contributed by atoms with E-state index in [0.717, 1.165) is 50.5 Å². The lowest BCUT2D eigenvalue weighted by Gasteiger charge is -2.23. The zero-order valence-corrected chi connectivity index (χ0v) is 21.4. The van der Waals surface area contributed by atoms with Gasteiger partial charge in [0.1, 0.15) is 0 Å². The number of hydrogen-bond acceptors (Lipinski definition) is 4. The second-order valence-electron chi connectivity index (χ2n) is 9.07. The Kier molecular flexibility index (Phi) is 16.6. The fraction of sp³-hybridized carbons (Fsp3) is 0.750. The van der Waals surface area contributed by atoms with Gasteiger partial charge in [0.15, 0.2) is 11.5 Å². The van der Waals surface area contributed by atoms with E-state index in [1.165, 1.54) is 38.5 Å². The highest BCUT2D eigenvalue weighted by Gasteiger charge is 2.23. The summed E-state index contributed by atoms with van der Waals surface area (Å²) in [5.41, 5.74) is 1.16. The number of benzene rings is 1. The molecule has 1 atom stereocenters. The normalized spacial score (nSPS) is 12.0. The summed E-state index contributed by atoms with van der Waals surface area (Å²) in [5.74, 6) is 0.454. The van der Waals surface area contributed by atoms with Gasteiger partial charge >= 0.3 is 5.97 Å². The highest BCUT2D eigenvalue weighted by Crippen LogP contribution is 2.41. The Morgan fingerprint density at radius 3 is 1.94 bits per heavy atom. The SMILES string of the molecule is CCCCCCCOc1cc(C(=O)O)cc(C(CCC)CCCO)c1OCCCCCCC. The number of carbonyl (C=O) groups is 1. The number of unbranched alkanes of at least 4 members (excludes halogenated alkanes) is 8. The minimum atomic E-state index is -0.951. The molecular formula is C28H48O5. The number of aliphatic hydroxyl groups is 1. The van der Waals surface area contributed by atoms with E-state index in [1.54, 1.807) is 12.1 Å². The fourth-order valence-electron chi connectivity index (χ4n) is 4.22. The monoisotopic (exact) mass is 464 g/mol. The highest BCUT2D eigenvalue weighted by molar-refractivity contribution is 5.89. The third kappa shape index (κ3) is 11.8. The lowest BCUT2D eigenvalue weighted by molar-refractivity contribution is 0.0696. The molecule has 0 spiro atoms. The average Bonchev–Trinajstić information content (AvgIpc) is 2.81. The molecule has 0 amide bonds. The van der Waals surface area contributed by atoms with Crippen molar-refractivity contribution < 1.29 is 24.5 Å². The van der Waals surface area contributed by atoms with Crippen molar-refractivity contribution in [3.05, 3.63) is 23.3 Å². The Labute approximate surface area is 201 Å². The van der Waals surface area contributed by atoms with Crippen LogP contribution in [-0.4, -0.2) is 36.0 Å². The molecule has 0 bridgehead atoms. The van der Waals surface area contributed by atoms with Gasteiger partial charge in [0.05, 0.1) is 18.8 Å². The van der Waals surface area contributed by atoms with Crippen molar-refractivity contribution >= 4 is 5.97 Å². The standard InChI is InChI=1S/C28H48O5/c1-4-7-9-11-13-19-32-26-22-24(28(30)31)21-25(23(16-6-3)17-15-18-29)27(26)33-20-14-12-10-8-5-2/h21-23,29H,4-20H2,1-3H3,(H,30,31). The van der Waals surface area contributed by atoms with Gasteiger partial charge in [-0.15, -0.1) is 0 Å². The highest BCUT2D eigenvalue weighted by atomic mass is 16.5. The molecule has 1 unspecified atom stereocenters. The van der Waals surface area contributed by atoms with Gasteiger partial charge in [0.2, 0.25) is 0 Å². The first-order valence-electron chi connectivity index (χ1n) is 13.4. The predicted molar refractivity (Wildman–Crippen MR) is 136 cm³/mol. The molecule has 0 aromatic heterocycles. The molecule has 5 nitrogen and oxygen atoms in total. The molecule has 0 aliphatic rings. The molecule has 0 aliphatic heterocycles. The summed E-state index contributed by atoms with van der Waals surface area (Å²) in [4.78, 5) is 11.9. The van der Waals surface area contributed by atoms with Crippen LogP contribution in [0.5, 0.6) is 11.5 Å². The van der Waals surface area contributed by atoms with Crippen LogP contribution in [0.25, 0.3) is 0 Å². The van der Waals surface area contributed by atoms with E-state index in [0.29, 0.717) is 31.1 Å². The van der Waals surface area contributed by atoms with Crippen LogP contribution in [-0.2, 0) is 0 Å². The Morgan fingerprint density at radius 1 is 0.788 bits per heavy atom. The molecular weight excluding hydrogens is 416 g/mol. The summed E-state index contributed by atoms with van der Waals surface area (Å²) in [6.07, 6.45) is 14.9. The van der Waals surface area contributed by atoms with E-state index < -0.39 is 5.97 Å². The molecule has 5 heteroatoms. The lowest BCUT2D eigenvalue weighted by Crippen LogP contribution is -2.11. The van der Waals surface area contributed by atoms with Crippen LogP contribution in [0, 0.1) is 0 Å². The largest absolute Gasteiger partial charge is 0.490 e. The Hall–Kier alpha value is -1.75. The maximum atomic E-state index is 11.9. The summed E-state index contributed by atoms with van der Waals surface area (Å²) in [7, 11) is 0. The fourth-order valence-corrected chi connectivity index (χ4v) is 4.22. The van der Waals surface area contributed by atoms with Crippen LogP contribution >= 0.6 is 0 Å². The van der Waals surface area contributed by atoms with E-state index >= 15 is 0 Å². The molecule has 0 heterocycles. The Balaban J connectivity index is 3.12. The summed E-state index contributed by atoms with van der Waals surface area (Å²) in [6, 6.07) is 3.39. The molecule has 0 fully saturated rings. The summed E-state index contributed by atoms with van der Waals surface area (Å²) >= 11 is 0. The van der Waals surface area contributed by atoms with Crippen LogP contribution in [0.2, 0.25) is 0 Å². The summed E-state index contributed by atoms with van der Waals surface area (Å²) in [6.45, 7) is 7.84. The number of aliphatic hydroxyl groups excluding tert-OH is 1. The maximum Gasteiger partial charge on any atom is 0.335 e. The molecule has 2 N–H and O–H groups in total. The minimum Gasteiger partial charge on any atom is -0.490 e. The number of hydrogen-bond donors (Lipinski definition) is 2. The van der Waals surface area contributed by atoms with Gasteiger partial charge in [-0.2, -0.15) is 0 Å². The van der Waals surface area contributed by atoms with Gasteiger partial charge < -0.3 is 19.7 Å². The zero-order chi connectivity index (χ0) is 24.3. The number of aromatic carboxylic acids is 1. The smallest absolute Gasteiger partial charge is 0.335 e. The van der Waals surface area contributed by atoms with Crippen molar-refractivity contribution in [1.82, 2.24) is 0 Å². The zero-order valence-electron chi connectivity index (χ0n) is 21.4. The molecule has 0 aliphatic carbocycles. The van der Waals surface area contributed by atoms with Crippen LogP contribution in [0.4, 0.5) is 0 Å². The van der Waals surface area contributed by atoms with Gasteiger partial charge in [-0.25, -0.2) is 4.79 Å².